The van der Waals surface area contributed by atoms with Gasteiger partial charge in [0.15, 0.2) is 11.5 Å². The second kappa shape index (κ2) is 8.10. The van der Waals surface area contributed by atoms with Crippen molar-refractivity contribution in [3.63, 3.8) is 0 Å². The van der Waals surface area contributed by atoms with Crippen LogP contribution in [0.25, 0.3) is 0 Å². The summed E-state index contributed by atoms with van der Waals surface area (Å²) in [6.07, 6.45) is 0. The van der Waals surface area contributed by atoms with Crippen LogP contribution < -0.4 is 19.5 Å². The minimum atomic E-state index is -0.0254. The van der Waals surface area contributed by atoms with Crippen LogP contribution in [0.3, 0.4) is 0 Å². The lowest BCUT2D eigenvalue weighted by Crippen LogP contribution is -2.51. The summed E-state index contributed by atoms with van der Waals surface area (Å²) in [5, 5.41) is 3.32. The largest absolute Gasteiger partial charge is 0.493 e. The van der Waals surface area contributed by atoms with Gasteiger partial charge in [0, 0.05) is 31.2 Å². The molecule has 1 aromatic rings. The summed E-state index contributed by atoms with van der Waals surface area (Å²) in [5.41, 5.74) is 0.540. The fourth-order valence-corrected chi connectivity index (χ4v) is 2.50. The summed E-state index contributed by atoms with van der Waals surface area (Å²) < 4.78 is 15.9. The number of hydrogen-bond donors (Lipinski definition) is 1. The van der Waals surface area contributed by atoms with Gasteiger partial charge in [0.1, 0.15) is 0 Å². The molecule has 1 saturated heterocycles. The molecule has 6 nitrogen and oxygen atoms in total. The Morgan fingerprint density at radius 2 is 1.77 bits per heavy atom. The molecule has 1 aliphatic heterocycles. The van der Waals surface area contributed by atoms with E-state index in [0.29, 0.717) is 41.9 Å². The first-order chi connectivity index (χ1) is 10.1. The van der Waals surface area contributed by atoms with Crippen LogP contribution in [0.15, 0.2) is 12.1 Å². The molecule has 1 heterocycles. The second-order valence-corrected chi connectivity index (χ2v) is 5.02. The van der Waals surface area contributed by atoms with Gasteiger partial charge < -0.3 is 24.4 Å². The van der Waals surface area contributed by atoms with E-state index in [4.69, 9.17) is 14.2 Å². The van der Waals surface area contributed by atoms with E-state index in [2.05, 4.69) is 12.2 Å². The molecule has 0 aromatic heterocycles. The van der Waals surface area contributed by atoms with Crippen molar-refractivity contribution in [1.82, 2.24) is 10.2 Å². The summed E-state index contributed by atoms with van der Waals surface area (Å²) in [7, 11) is 4.62. The third-order valence-electron chi connectivity index (χ3n) is 3.57. The number of halogens is 1. The minimum absolute atomic E-state index is 0. The third kappa shape index (κ3) is 3.75. The van der Waals surface area contributed by atoms with Crippen molar-refractivity contribution in [3.05, 3.63) is 17.7 Å². The number of piperazine rings is 1. The zero-order valence-electron chi connectivity index (χ0n) is 13.3. The molecule has 0 bridgehead atoms. The lowest BCUT2D eigenvalue weighted by molar-refractivity contribution is 0.0708. The number of nitrogens with one attached hydrogen (secondary N) is 1. The first-order valence-corrected chi connectivity index (χ1v) is 6.93. The van der Waals surface area contributed by atoms with Crippen LogP contribution in [-0.4, -0.2) is 57.8 Å². The number of nitrogens with zero attached hydrogens (tertiary/aromatic N) is 1. The van der Waals surface area contributed by atoms with Gasteiger partial charge in [-0.25, -0.2) is 0 Å². The Morgan fingerprint density at radius 3 is 2.23 bits per heavy atom. The summed E-state index contributed by atoms with van der Waals surface area (Å²) in [5.74, 6) is 1.44. The molecule has 0 spiro atoms. The van der Waals surface area contributed by atoms with Crippen molar-refractivity contribution in [2.45, 2.75) is 13.0 Å². The van der Waals surface area contributed by atoms with Gasteiger partial charge in [-0.3, -0.25) is 4.79 Å². The Morgan fingerprint density at radius 1 is 1.18 bits per heavy atom. The maximum Gasteiger partial charge on any atom is 0.254 e. The van der Waals surface area contributed by atoms with Crippen molar-refractivity contribution in [2.75, 3.05) is 41.0 Å². The van der Waals surface area contributed by atoms with Gasteiger partial charge in [-0.2, -0.15) is 0 Å². The van der Waals surface area contributed by atoms with Gasteiger partial charge in [-0.15, -0.1) is 12.4 Å². The molecule has 124 valence electrons. The highest BCUT2D eigenvalue weighted by Gasteiger charge is 2.24. The number of rotatable bonds is 4. The van der Waals surface area contributed by atoms with E-state index < -0.39 is 0 Å². The monoisotopic (exact) mass is 330 g/mol. The summed E-state index contributed by atoms with van der Waals surface area (Å²) in [6, 6.07) is 3.68. The summed E-state index contributed by atoms with van der Waals surface area (Å²) >= 11 is 0. The van der Waals surface area contributed by atoms with Crippen molar-refractivity contribution in [2.24, 2.45) is 0 Å². The smallest absolute Gasteiger partial charge is 0.254 e. The third-order valence-corrected chi connectivity index (χ3v) is 3.57. The highest BCUT2D eigenvalue weighted by molar-refractivity contribution is 5.95. The van der Waals surface area contributed by atoms with Gasteiger partial charge in [0.05, 0.1) is 21.3 Å². The lowest BCUT2D eigenvalue weighted by atomic mass is 10.1. The standard InChI is InChI=1S/C15H22N2O4.ClH/c1-10-9-17(6-5-16-10)15(18)11-7-12(19-2)14(21-4)13(8-11)20-3;/h7-8,10,16H,5-6,9H2,1-4H3;1H. The molecule has 0 radical (unpaired) electrons. The Bertz CT molecular complexity index is 499. The van der Waals surface area contributed by atoms with Crippen molar-refractivity contribution in [1.29, 1.82) is 0 Å². The SMILES string of the molecule is COc1cc(C(=O)N2CCNC(C)C2)cc(OC)c1OC.Cl. The number of benzene rings is 1. The number of hydrogen-bond acceptors (Lipinski definition) is 5. The van der Waals surface area contributed by atoms with E-state index in [1.807, 2.05) is 4.90 Å². The molecule has 1 unspecified atom stereocenters. The molecule has 0 saturated carbocycles. The van der Waals surface area contributed by atoms with E-state index in [0.717, 1.165) is 6.54 Å². The molecule has 2 rings (SSSR count). The van der Waals surface area contributed by atoms with Crippen molar-refractivity contribution in [3.8, 4) is 17.2 Å². The van der Waals surface area contributed by atoms with E-state index in [1.165, 1.54) is 0 Å². The van der Waals surface area contributed by atoms with Gasteiger partial charge in [0.2, 0.25) is 5.75 Å². The molecule has 1 aromatic carbocycles. The van der Waals surface area contributed by atoms with Crippen LogP contribution in [-0.2, 0) is 0 Å². The second-order valence-electron chi connectivity index (χ2n) is 5.02. The van der Waals surface area contributed by atoms with Crippen LogP contribution in [0.4, 0.5) is 0 Å². The molecule has 1 atom stereocenters. The first kappa shape index (κ1) is 18.4. The minimum Gasteiger partial charge on any atom is -0.493 e. The first-order valence-electron chi connectivity index (χ1n) is 6.93. The van der Waals surface area contributed by atoms with E-state index in [1.54, 1.807) is 33.5 Å². The van der Waals surface area contributed by atoms with Gasteiger partial charge >= 0.3 is 0 Å². The van der Waals surface area contributed by atoms with Gasteiger partial charge in [-0.1, -0.05) is 0 Å². The number of methoxy groups -OCH3 is 3. The number of ether oxygens (including phenoxy) is 3. The van der Waals surface area contributed by atoms with Gasteiger partial charge in [0.25, 0.3) is 5.91 Å². The Balaban J connectivity index is 0.00000242. The van der Waals surface area contributed by atoms with E-state index in [-0.39, 0.29) is 18.3 Å². The zero-order chi connectivity index (χ0) is 15.4. The average Bonchev–Trinajstić information content (AvgIpc) is 2.52. The van der Waals surface area contributed by atoms with Crippen LogP contribution in [0.2, 0.25) is 0 Å². The highest BCUT2D eigenvalue weighted by Crippen LogP contribution is 2.38. The topological polar surface area (TPSA) is 60.0 Å². The van der Waals surface area contributed by atoms with Crippen LogP contribution >= 0.6 is 12.4 Å². The maximum absolute atomic E-state index is 12.6. The Kier molecular flexibility index (Phi) is 6.77. The average molecular weight is 331 g/mol. The molecule has 1 fully saturated rings. The Labute approximate surface area is 137 Å². The molecule has 0 aliphatic carbocycles. The number of carbonyl (C=O) groups excluding carboxylic acids is 1. The normalized spacial score (nSPS) is 17.5. The molecular formula is C15H23ClN2O4. The van der Waals surface area contributed by atoms with E-state index >= 15 is 0 Å². The predicted octanol–water partition coefficient (Wildman–Crippen LogP) is 1.57. The molecular weight excluding hydrogens is 308 g/mol. The van der Waals surface area contributed by atoms with Crippen molar-refractivity contribution < 1.29 is 19.0 Å². The molecule has 1 aliphatic rings. The number of amides is 1. The lowest BCUT2D eigenvalue weighted by Gasteiger charge is -2.32. The summed E-state index contributed by atoms with van der Waals surface area (Å²) in [6.45, 7) is 4.25. The maximum atomic E-state index is 12.6. The van der Waals surface area contributed by atoms with Gasteiger partial charge in [-0.05, 0) is 19.1 Å². The fourth-order valence-electron chi connectivity index (χ4n) is 2.50. The van der Waals surface area contributed by atoms with Crippen molar-refractivity contribution >= 4 is 18.3 Å². The predicted molar refractivity (Wildman–Crippen MR) is 86.7 cm³/mol. The van der Waals surface area contributed by atoms with Crippen LogP contribution in [0.1, 0.15) is 17.3 Å². The van der Waals surface area contributed by atoms with Crippen LogP contribution in [0, 0.1) is 0 Å². The highest BCUT2D eigenvalue weighted by atomic mass is 35.5. The Hall–Kier alpha value is -1.66. The molecule has 1 N–H and O–H groups in total. The van der Waals surface area contributed by atoms with E-state index in [9.17, 15) is 4.79 Å². The van der Waals surface area contributed by atoms with Crippen LogP contribution in [0.5, 0.6) is 17.2 Å². The fraction of sp³-hybridized carbons (Fsp3) is 0.533. The number of carbonyl (C=O) groups is 1. The summed E-state index contributed by atoms with van der Waals surface area (Å²) in [4.78, 5) is 14.5. The quantitative estimate of drug-likeness (QED) is 0.908. The zero-order valence-corrected chi connectivity index (χ0v) is 14.2. The molecule has 7 heteroatoms. The molecule has 22 heavy (non-hydrogen) atoms. The molecule has 1 amide bonds.